The Morgan fingerprint density at radius 3 is 2.27 bits per heavy atom. The minimum Gasteiger partial charge on any atom is -0.332 e. The summed E-state index contributed by atoms with van der Waals surface area (Å²) in [6.07, 6.45) is 0. The third kappa shape index (κ3) is 4.24. The number of thiocarbonyl (C=S) groups is 1. The van der Waals surface area contributed by atoms with E-state index in [-0.39, 0.29) is 15.3 Å². The summed E-state index contributed by atoms with van der Waals surface area (Å²) in [5.74, 6) is -0.923. The van der Waals surface area contributed by atoms with Gasteiger partial charge in [-0.05, 0) is 57.8 Å². The third-order valence-electron chi connectivity index (χ3n) is 3.08. The maximum atomic E-state index is 13.7. The zero-order valence-electron chi connectivity index (χ0n) is 12.1. The van der Waals surface area contributed by atoms with Crippen LogP contribution in [0.15, 0.2) is 40.9 Å². The molecule has 0 atom stereocenters. The van der Waals surface area contributed by atoms with Gasteiger partial charge in [-0.2, -0.15) is 0 Å². The van der Waals surface area contributed by atoms with Crippen LogP contribution in [-0.4, -0.2) is 5.11 Å². The van der Waals surface area contributed by atoms with Crippen molar-refractivity contribution in [1.29, 1.82) is 0 Å². The Kier molecular flexibility index (Phi) is 5.47. The Hall–Kier alpha value is -1.53. The quantitative estimate of drug-likeness (QED) is 0.667. The number of benzene rings is 2. The number of anilines is 2. The van der Waals surface area contributed by atoms with Crippen LogP contribution in [0.1, 0.15) is 25.3 Å². The van der Waals surface area contributed by atoms with Crippen LogP contribution in [0.2, 0.25) is 0 Å². The molecule has 0 aliphatic rings. The molecule has 2 aromatic carbocycles. The fraction of sp³-hybridized carbons (Fsp3) is 0.188. The molecule has 0 spiro atoms. The first kappa shape index (κ1) is 16.8. The van der Waals surface area contributed by atoms with Crippen LogP contribution in [0, 0.1) is 11.6 Å². The van der Waals surface area contributed by atoms with Crippen molar-refractivity contribution in [2.75, 3.05) is 10.6 Å². The number of rotatable bonds is 3. The molecule has 0 aliphatic heterocycles. The maximum absolute atomic E-state index is 13.7. The summed E-state index contributed by atoms with van der Waals surface area (Å²) in [6.45, 7) is 4.23. The van der Waals surface area contributed by atoms with Gasteiger partial charge in [0.2, 0.25) is 0 Å². The van der Waals surface area contributed by atoms with Crippen molar-refractivity contribution < 1.29 is 8.78 Å². The van der Waals surface area contributed by atoms with Gasteiger partial charge in [0.25, 0.3) is 0 Å². The largest absolute Gasteiger partial charge is 0.332 e. The number of nitrogens with one attached hydrogen (secondary N) is 2. The molecule has 116 valence electrons. The smallest absolute Gasteiger partial charge is 0.175 e. The van der Waals surface area contributed by atoms with Crippen LogP contribution in [-0.2, 0) is 0 Å². The summed E-state index contributed by atoms with van der Waals surface area (Å²) < 4.78 is 27.0. The van der Waals surface area contributed by atoms with E-state index in [2.05, 4.69) is 40.4 Å². The average Bonchev–Trinajstić information content (AvgIpc) is 2.43. The van der Waals surface area contributed by atoms with Crippen LogP contribution in [0.3, 0.4) is 0 Å². The molecule has 0 saturated carbocycles. The van der Waals surface area contributed by atoms with Crippen molar-refractivity contribution in [3.8, 4) is 0 Å². The molecule has 0 amide bonds. The number of halogens is 3. The van der Waals surface area contributed by atoms with Crippen LogP contribution in [0.4, 0.5) is 20.2 Å². The van der Waals surface area contributed by atoms with E-state index in [1.165, 1.54) is 11.6 Å². The molecule has 0 fully saturated rings. The van der Waals surface area contributed by atoms with Crippen molar-refractivity contribution in [3.63, 3.8) is 0 Å². The van der Waals surface area contributed by atoms with E-state index in [1.807, 2.05) is 24.3 Å². The second-order valence-corrected chi connectivity index (χ2v) is 6.36. The molecule has 0 aliphatic carbocycles. The summed E-state index contributed by atoms with van der Waals surface area (Å²) in [5.41, 5.74) is 2.11. The molecule has 2 aromatic rings. The highest BCUT2D eigenvalue weighted by molar-refractivity contribution is 9.10. The highest BCUT2D eigenvalue weighted by atomic mass is 79.9. The van der Waals surface area contributed by atoms with E-state index < -0.39 is 11.6 Å². The standard InChI is InChI=1S/C16H15BrF2N2S/c1-9(2)10-3-5-12(6-4-10)20-16(22)21-15-13(17)7-11(18)8-14(15)19/h3-9H,1-2H3,(H2,20,21,22). The molecular weight excluding hydrogens is 370 g/mol. The van der Waals surface area contributed by atoms with E-state index in [0.717, 1.165) is 11.8 Å². The first-order valence-corrected chi connectivity index (χ1v) is 7.89. The molecule has 0 aromatic heterocycles. The van der Waals surface area contributed by atoms with Gasteiger partial charge in [0.1, 0.15) is 5.82 Å². The maximum Gasteiger partial charge on any atom is 0.175 e. The average molecular weight is 385 g/mol. The van der Waals surface area contributed by atoms with Crippen molar-refractivity contribution in [2.24, 2.45) is 0 Å². The summed E-state index contributed by atoms with van der Waals surface area (Å²) >= 11 is 8.26. The number of hydrogen-bond donors (Lipinski definition) is 2. The van der Waals surface area contributed by atoms with Crippen molar-refractivity contribution in [3.05, 3.63) is 58.1 Å². The van der Waals surface area contributed by atoms with Crippen molar-refractivity contribution >= 4 is 44.6 Å². The third-order valence-corrected chi connectivity index (χ3v) is 3.91. The molecular formula is C16H15BrF2N2S. The highest BCUT2D eigenvalue weighted by Gasteiger charge is 2.11. The predicted molar refractivity (Wildman–Crippen MR) is 94.4 cm³/mol. The minimum absolute atomic E-state index is 0.0951. The Balaban J connectivity index is 2.07. The normalized spacial score (nSPS) is 10.6. The van der Waals surface area contributed by atoms with Crippen molar-refractivity contribution in [1.82, 2.24) is 0 Å². The van der Waals surface area contributed by atoms with Gasteiger partial charge in [-0.3, -0.25) is 0 Å². The molecule has 22 heavy (non-hydrogen) atoms. The Morgan fingerprint density at radius 1 is 1.09 bits per heavy atom. The lowest BCUT2D eigenvalue weighted by atomic mass is 10.0. The van der Waals surface area contributed by atoms with Crippen LogP contribution in [0.25, 0.3) is 0 Å². The van der Waals surface area contributed by atoms with E-state index in [0.29, 0.717) is 5.92 Å². The highest BCUT2D eigenvalue weighted by Crippen LogP contribution is 2.27. The lowest BCUT2D eigenvalue weighted by Gasteiger charge is -2.13. The topological polar surface area (TPSA) is 24.1 Å². The molecule has 0 bridgehead atoms. The molecule has 2 rings (SSSR count). The zero-order valence-corrected chi connectivity index (χ0v) is 14.5. The lowest BCUT2D eigenvalue weighted by molar-refractivity contribution is 0.585. The number of hydrogen-bond acceptors (Lipinski definition) is 1. The van der Waals surface area contributed by atoms with E-state index >= 15 is 0 Å². The van der Waals surface area contributed by atoms with Gasteiger partial charge in [-0.15, -0.1) is 0 Å². The van der Waals surface area contributed by atoms with Gasteiger partial charge >= 0.3 is 0 Å². The van der Waals surface area contributed by atoms with E-state index in [9.17, 15) is 8.78 Å². The van der Waals surface area contributed by atoms with Crippen LogP contribution >= 0.6 is 28.1 Å². The molecule has 2 N–H and O–H groups in total. The second-order valence-electron chi connectivity index (χ2n) is 5.10. The summed E-state index contributed by atoms with van der Waals surface area (Å²) in [5, 5.41) is 5.91. The van der Waals surface area contributed by atoms with Crippen LogP contribution < -0.4 is 10.6 Å². The van der Waals surface area contributed by atoms with E-state index in [1.54, 1.807) is 0 Å². The predicted octanol–water partition coefficient (Wildman–Crippen LogP) is 5.66. The van der Waals surface area contributed by atoms with Gasteiger partial charge in [0.05, 0.1) is 5.69 Å². The summed E-state index contributed by atoms with van der Waals surface area (Å²) in [4.78, 5) is 0. The Bertz CT molecular complexity index is 664. The Morgan fingerprint density at radius 2 is 1.73 bits per heavy atom. The SMILES string of the molecule is CC(C)c1ccc(NC(=S)Nc2c(F)cc(F)cc2Br)cc1. The summed E-state index contributed by atoms with van der Waals surface area (Å²) in [6, 6.07) is 9.78. The lowest BCUT2D eigenvalue weighted by Crippen LogP contribution is -2.20. The first-order valence-electron chi connectivity index (χ1n) is 6.69. The fourth-order valence-corrected chi connectivity index (χ4v) is 2.62. The fourth-order valence-electron chi connectivity index (χ4n) is 1.89. The first-order chi connectivity index (χ1) is 10.4. The van der Waals surface area contributed by atoms with Gasteiger partial charge < -0.3 is 10.6 Å². The van der Waals surface area contributed by atoms with Gasteiger partial charge in [0, 0.05) is 16.2 Å². The molecule has 0 unspecified atom stereocenters. The van der Waals surface area contributed by atoms with E-state index in [4.69, 9.17) is 12.2 Å². The summed E-state index contributed by atoms with van der Waals surface area (Å²) in [7, 11) is 0. The molecule has 0 radical (unpaired) electrons. The molecule has 2 nitrogen and oxygen atoms in total. The minimum atomic E-state index is -0.716. The zero-order chi connectivity index (χ0) is 16.3. The van der Waals surface area contributed by atoms with Crippen LogP contribution in [0.5, 0.6) is 0 Å². The van der Waals surface area contributed by atoms with Gasteiger partial charge in [-0.25, -0.2) is 8.78 Å². The van der Waals surface area contributed by atoms with Crippen molar-refractivity contribution in [2.45, 2.75) is 19.8 Å². The molecule has 0 saturated heterocycles. The van der Waals surface area contributed by atoms with Gasteiger partial charge in [0.15, 0.2) is 10.9 Å². The second kappa shape index (κ2) is 7.15. The Labute approximate surface area is 142 Å². The van der Waals surface area contributed by atoms with Gasteiger partial charge in [-0.1, -0.05) is 26.0 Å². The molecule has 0 heterocycles. The monoisotopic (exact) mass is 384 g/mol. The molecule has 6 heteroatoms.